The van der Waals surface area contributed by atoms with Crippen LogP contribution in [0.1, 0.15) is 0 Å². The van der Waals surface area contributed by atoms with E-state index in [4.69, 9.17) is 11.3 Å². The van der Waals surface area contributed by atoms with E-state index in [1.165, 1.54) is 6.20 Å². The van der Waals surface area contributed by atoms with Gasteiger partial charge in [0.1, 0.15) is 0 Å². The molecule has 0 aromatic carbocycles. The molecule has 0 radical (unpaired) electrons. The van der Waals surface area contributed by atoms with Gasteiger partial charge in [0.2, 0.25) is 0 Å². The topological polar surface area (TPSA) is 13.6 Å². The van der Waals surface area contributed by atoms with Crippen molar-refractivity contribution in [3.8, 4) is 0 Å². The zero-order chi connectivity index (χ0) is 5.11. The quantitative estimate of drug-likeness (QED) is 0.406. The fourth-order valence-corrected chi connectivity index (χ4v) is 0.386. The highest BCUT2D eigenvalue weighted by Crippen LogP contribution is 2.06. The Morgan fingerprint density at radius 2 is 2.43 bits per heavy atom. The highest BCUT2D eigenvalue weighted by Gasteiger charge is 2.05. The van der Waals surface area contributed by atoms with E-state index in [9.17, 15) is 0 Å². The van der Waals surface area contributed by atoms with Gasteiger partial charge in [0.25, 0.3) is 0 Å². The smallest absolute Gasteiger partial charge is 0.157 e. The van der Waals surface area contributed by atoms with E-state index in [1.807, 2.05) is 0 Å². The molecule has 0 N–H and O–H groups in total. The third kappa shape index (κ3) is 0.787. The van der Waals surface area contributed by atoms with Gasteiger partial charge in [0.05, 0.1) is 19.8 Å². The summed E-state index contributed by atoms with van der Waals surface area (Å²) in [5, 5.41) is 0. The Morgan fingerprint density at radius 1 is 1.71 bits per heavy atom. The van der Waals surface area contributed by atoms with Gasteiger partial charge in [0, 0.05) is 0 Å². The van der Waals surface area contributed by atoms with Gasteiger partial charge in [-0.25, -0.2) is 4.85 Å². The second kappa shape index (κ2) is 1.76. The molecule has 1 heterocycles. The van der Waals surface area contributed by atoms with Gasteiger partial charge in [-0.2, -0.15) is 0 Å². The van der Waals surface area contributed by atoms with Crippen LogP contribution in [0.15, 0.2) is 11.8 Å². The second-order valence-corrected chi connectivity index (χ2v) is 1.41. The Kier molecular flexibility index (Phi) is 1.10. The van der Waals surface area contributed by atoms with Crippen molar-refractivity contribution in [3.05, 3.63) is 23.2 Å². The minimum absolute atomic E-state index is 0.669. The summed E-state index contributed by atoms with van der Waals surface area (Å²) in [5.74, 6) is 0. The van der Waals surface area contributed by atoms with Crippen LogP contribution in [0.25, 0.3) is 4.85 Å². The molecule has 0 bridgehead atoms. The minimum Gasteiger partial charge on any atom is -0.375 e. The average molecular weight is 95.1 g/mol. The second-order valence-electron chi connectivity index (χ2n) is 1.41. The van der Waals surface area contributed by atoms with Crippen LogP contribution in [-0.4, -0.2) is 13.2 Å². The van der Waals surface area contributed by atoms with Crippen LogP contribution in [0.5, 0.6) is 0 Å². The van der Waals surface area contributed by atoms with Crippen molar-refractivity contribution < 1.29 is 4.74 Å². The van der Waals surface area contributed by atoms with Crippen LogP contribution in [0, 0.1) is 6.57 Å². The number of nitrogens with zero attached hydrogens (tertiary/aromatic N) is 1. The molecule has 2 heteroatoms. The van der Waals surface area contributed by atoms with E-state index in [-0.39, 0.29) is 0 Å². The van der Waals surface area contributed by atoms with Crippen LogP contribution in [0.2, 0.25) is 0 Å². The Balaban J connectivity index is 2.41. The Hall–Kier alpha value is -0.810. The van der Waals surface area contributed by atoms with Crippen LogP contribution in [0.4, 0.5) is 0 Å². The normalized spacial score (nSPS) is 17.3. The third-order valence-corrected chi connectivity index (χ3v) is 0.822. The number of hydrogen-bond acceptors (Lipinski definition) is 1. The van der Waals surface area contributed by atoms with Crippen LogP contribution in [-0.2, 0) is 4.74 Å². The van der Waals surface area contributed by atoms with E-state index in [2.05, 4.69) is 4.85 Å². The third-order valence-electron chi connectivity index (χ3n) is 0.822. The molecule has 0 aromatic heterocycles. The molecule has 1 fully saturated rings. The lowest BCUT2D eigenvalue weighted by atomic mass is 10.3. The first kappa shape index (κ1) is 4.35. The van der Waals surface area contributed by atoms with E-state index >= 15 is 0 Å². The summed E-state index contributed by atoms with van der Waals surface area (Å²) in [4.78, 5) is 3.07. The summed E-state index contributed by atoms with van der Waals surface area (Å²) in [7, 11) is 0. The fraction of sp³-hybridized carbons (Fsp3) is 0.400. The highest BCUT2D eigenvalue weighted by molar-refractivity contribution is 5.11. The molecule has 1 saturated heterocycles. The van der Waals surface area contributed by atoms with E-state index < -0.39 is 0 Å². The van der Waals surface area contributed by atoms with Gasteiger partial charge < -0.3 is 4.74 Å². The van der Waals surface area contributed by atoms with Crippen molar-refractivity contribution >= 4 is 0 Å². The van der Waals surface area contributed by atoms with E-state index in [1.54, 1.807) is 0 Å². The molecule has 7 heavy (non-hydrogen) atoms. The van der Waals surface area contributed by atoms with Crippen LogP contribution < -0.4 is 0 Å². The summed E-state index contributed by atoms with van der Waals surface area (Å²) < 4.78 is 4.78. The lowest BCUT2D eigenvalue weighted by molar-refractivity contribution is 0.103. The summed E-state index contributed by atoms with van der Waals surface area (Å²) in [6.45, 7) is 7.70. The first-order valence-electron chi connectivity index (χ1n) is 2.05. The largest absolute Gasteiger partial charge is 0.375 e. The van der Waals surface area contributed by atoms with Gasteiger partial charge in [-0.3, -0.25) is 0 Å². The van der Waals surface area contributed by atoms with Crippen molar-refractivity contribution in [1.82, 2.24) is 0 Å². The Morgan fingerprint density at radius 3 is 2.57 bits per heavy atom. The molecular formula is C5H5NO. The standard InChI is InChI=1S/C5H5NO/c1-6-2-5-3-7-4-5/h2H,3-4H2. The molecule has 1 rings (SSSR count). The van der Waals surface area contributed by atoms with Crippen LogP contribution >= 0.6 is 0 Å². The average Bonchev–Trinajstić information content (AvgIpc) is 1.55. The molecule has 0 amide bonds. The Bertz CT molecular complexity index is 126. The predicted molar refractivity (Wildman–Crippen MR) is 25.5 cm³/mol. The van der Waals surface area contributed by atoms with Crippen LogP contribution in [0.3, 0.4) is 0 Å². The lowest BCUT2D eigenvalue weighted by Crippen LogP contribution is -2.15. The minimum atomic E-state index is 0.669. The van der Waals surface area contributed by atoms with Gasteiger partial charge in [-0.1, -0.05) is 0 Å². The van der Waals surface area contributed by atoms with Gasteiger partial charge >= 0.3 is 0 Å². The molecule has 2 nitrogen and oxygen atoms in total. The Labute approximate surface area is 42.2 Å². The summed E-state index contributed by atoms with van der Waals surface area (Å²) >= 11 is 0. The van der Waals surface area contributed by atoms with E-state index in [0.29, 0.717) is 13.2 Å². The predicted octanol–water partition coefficient (Wildman–Crippen LogP) is 0.820. The summed E-state index contributed by atoms with van der Waals surface area (Å²) in [6.07, 6.45) is 1.52. The molecule has 0 atom stereocenters. The van der Waals surface area contributed by atoms with Crippen molar-refractivity contribution in [1.29, 1.82) is 0 Å². The molecule has 1 aliphatic rings. The zero-order valence-corrected chi connectivity index (χ0v) is 3.85. The van der Waals surface area contributed by atoms with Crippen molar-refractivity contribution in [2.45, 2.75) is 0 Å². The molecule has 0 unspecified atom stereocenters. The number of ether oxygens (including phenoxy) is 1. The van der Waals surface area contributed by atoms with Crippen molar-refractivity contribution in [2.75, 3.05) is 13.2 Å². The number of hydrogen-bond donors (Lipinski definition) is 0. The maximum absolute atomic E-state index is 6.36. The summed E-state index contributed by atoms with van der Waals surface area (Å²) in [6, 6.07) is 0. The van der Waals surface area contributed by atoms with Gasteiger partial charge in [-0.05, 0) is 5.57 Å². The van der Waals surface area contributed by atoms with Gasteiger partial charge in [-0.15, -0.1) is 0 Å². The van der Waals surface area contributed by atoms with Gasteiger partial charge in [0.15, 0.2) is 6.20 Å². The monoisotopic (exact) mass is 95.0 g/mol. The van der Waals surface area contributed by atoms with E-state index in [0.717, 1.165) is 5.57 Å². The van der Waals surface area contributed by atoms with Crippen molar-refractivity contribution in [3.63, 3.8) is 0 Å². The maximum atomic E-state index is 6.36. The molecule has 0 aliphatic carbocycles. The number of rotatable bonds is 0. The summed E-state index contributed by atoms with van der Waals surface area (Å²) in [5.41, 5.74) is 1.11. The molecule has 0 aromatic rings. The lowest BCUT2D eigenvalue weighted by Gasteiger charge is -2.15. The van der Waals surface area contributed by atoms with Crippen molar-refractivity contribution in [2.24, 2.45) is 0 Å². The maximum Gasteiger partial charge on any atom is 0.157 e. The molecule has 36 valence electrons. The highest BCUT2D eigenvalue weighted by atomic mass is 16.5. The molecule has 0 spiro atoms. The molecular weight excluding hydrogens is 90.1 g/mol. The molecule has 0 saturated carbocycles. The fourth-order valence-electron chi connectivity index (χ4n) is 0.386. The first-order valence-corrected chi connectivity index (χ1v) is 2.05. The first-order chi connectivity index (χ1) is 3.43. The molecule has 1 aliphatic heterocycles. The zero-order valence-electron chi connectivity index (χ0n) is 3.85. The SMILES string of the molecule is [C-]#[N+]C=C1COC1.